The van der Waals surface area contributed by atoms with Crippen LogP contribution in [0.1, 0.15) is 23.7 Å². The number of benzene rings is 1. The third kappa shape index (κ3) is 2.88. The number of aromatic nitrogens is 1. The van der Waals surface area contributed by atoms with Crippen LogP contribution in [0.2, 0.25) is 0 Å². The number of para-hydroxylation sites is 1. The van der Waals surface area contributed by atoms with Gasteiger partial charge in [-0.15, -0.1) is 0 Å². The molecule has 23 heavy (non-hydrogen) atoms. The first-order valence-corrected chi connectivity index (χ1v) is 7.68. The molecule has 6 heteroatoms. The summed E-state index contributed by atoms with van der Waals surface area (Å²) >= 11 is 0. The first-order chi connectivity index (χ1) is 11.1. The highest BCUT2D eigenvalue weighted by Gasteiger charge is 2.29. The maximum atomic E-state index is 12.5. The predicted octanol–water partition coefficient (Wildman–Crippen LogP) is 2.74. The molecule has 0 saturated carbocycles. The summed E-state index contributed by atoms with van der Waals surface area (Å²) in [6, 6.07) is 5.70. The van der Waals surface area contributed by atoms with Crippen LogP contribution in [-0.4, -0.2) is 24.8 Å². The summed E-state index contributed by atoms with van der Waals surface area (Å²) in [4.78, 5) is 12.5. The van der Waals surface area contributed by atoms with Crippen LogP contribution in [0.3, 0.4) is 0 Å². The summed E-state index contributed by atoms with van der Waals surface area (Å²) < 4.78 is 16.2. The molecule has 0 spiro atoms. The second-order valence-electron chi connectivity index (χ2n) is 5.59. The Balaban J connectivity index is 1.73. The number of carbonyl (C=O) groups is 1. The highest BCUT2D eigenvalue weighted by molar-refractivity contribution is 5.92. The molecule has 1 aliphatic rings. The number of fused-ring (bicyclic) bond motifs is 1. The number of carbonyl (C=O) groups excluding carboxylic acids is 1. The Hall–Kier alpha value is -2.50. The summed E-state index contributed by atoms with van der Waals surface area (Å²) in [5.74, 6) is 1.44. The maximum absolute atomic E-state index is 12.5. The Morgan fingerprint density at radius 2 is 2.30 bits per heavy atom. The first-order valence-electron chi connectivity index (χ1n) is 7.68. The molecule has 2 heterocycles. The van der Waals surface area contributed by atoms with Gasteiger partial charge in [0, 0.05) is 5.56 Å². The first kappa shape index (κ1) is 15.4. The lowest BCUT2D eigenvalue weighted by Crippen LogP contribution is -2.32. The largest absolute Gasteiger partial charge is 0.493 e. The van der Waals surface area contributed by atoms with Gasteiger partial charge >= 0.3 is 0 Å². The molecule has 1 N–H and O–H groups in total. The quantitative estimate of drug-likeness (QED) is 0.939. The fourth-order valence-corrected chi connectivity index (χ4v) is 2.75. The Morgan fingerprint density at radius 1 is 1.48 bits per heavy atom. The highest BCUT2D eigenvalue weighted by Crippen LogP contribution is 2.36. The third-order valence-electron chi connectivity index (χ3n) is 4.14. The van der Waals surface area contributed by atoms with Gasteiger partial charge in [0.2, 0.25) is 11.8 Å². The van der Waals surface area contributed by atoms with E-state index in [-0.39, 0.29) is 11.8 Å². The van der Waals surface area contributed by atoms with E-state index in [1.807, 2.05) is 32.0 Å². The molecular weight excluding hydrogens is 296 g/mol. The minimum Gasteiger partial charge on any atom is -0.493 e. The Bertz CT molecular complexity index is 723. The van der Waals surface area contributed by atoms with Crippen LogP contribution in [-0.2, 0) is 17.6 Å². The molecule has 0 bridgehead atoms. The molecule has 2 aromatic rings. The Kier molecular flexibility index (Phi) is 4.23. The molecule has 0 saturated heterocycles. The van der Waals surface area contributed by atoms with Gasteiger partial charge in [-0.3, -0.25) is 10.1 Å². The van der Waals surface area contributed by atoms with E-state index in [0.29, 0.717) is 24.7 Å². The molecule has 3 rings (SSSR count). The van der Waals surface area contributed by atoms with Crippen molar-refractivity contribution in [2.24, 2.45) is 5.92 Å². The molecule has 6 nitrogen and oxygen atoms in total. The molecule has 1 atom stereocenters. The number of methoxy groups -OCH3 is 1. The number of ether oxygens (including phenoxy) is 2. The van der Waals surface area contributed by atoms with Gasteiger partial charge in [0.25, 0.3) is 0 Å². The van der Waals surface area contributed by atoms with Crippen LogP contribution < -0.4 is 14.8 Å². The summed E-state index contributed by atoms with van der Waals surface area (Å²) in [5.41, 5.74) is 2.70. The fourth-order valence-electron chi connectivity index (χ4n) is 2.75. The van der Waals surface area contributed by atoms with Crippen LogP contribution in [0.25, 0.3) is 0 Å². The third-order valence-corrected chi connectivity index (χ3v) is 4.14. The van der Waals surface area contributed by atoms with Crippen molar-refractivity contribution in [3.8, 4) is 11.5 Å². The predicted molar refractivity (Wildman–Crippen MR) is 84.9 cm³/mol. The number of rotatable bonds is 4. The standard InChI is InChI=1S/C17H20N2O4/c1-4-13-10(2)17(23-19-13)18-16(20)12-8-11-6-5-7-14(21-3)15(11)22-9-12/h5-7,12H,4,8-9H2,1-3H3,(H,18,20). The van der Waals surface area contributed by atoms with E-state index in [9.17, 15) is 4.79 Å². The van der Waals surface area contributed by atoms with Crippen molar-refractivity contribution in [1.29, 1.82) is 0 Å². The zero-order valence-corrected chi connectivity index (χ0v) is 13.5. The molecule has 1 aromatic carbocycles. The smallest absolute Gasteiger partial charge is 0.234 e. The average molecular weight is 316 g/mol. The number of aryl methyl sites for hydroxylation is 1. The lowest BCUT2D eigenvalue weighted by atomic mass is 9.95. The number of hydrogen-bond acceptors (Lipinski definition) is 5. The van der Waals surface area contributed by atoms with Gasteiger partial charge in [-0.05, 0) is 31.4 Å². The van der Waals surface area contributed by atoms with E-state index >= 15 is 0 Å². The second kappa shape index (κ2) is 6.32. The molecular formula is C17H20N2O4. The lowest BCUT2D eigenvalue weighted by Gasteiger charge is -2.25. The van der Waals surface area contributed by atoms with Crippen molar-refractivity contribution in [3.05, 3.63) is 35.0 Å². The molecule has 0 fully saturated rings. The van der Waals surface area contributed by atoms with Gasteiger partial charge < -0.3 is 14.0 Å². The summed E-state index contributed by atoms with van der Waals surface area (Å²) in [6.07, 6.45) is 1.37. The van der Waals surface area contributed by atoms with Gasteiger partial charge in [0.15, 0.2) is 11.5 Å². The molecule has 1 amide bonds. The normalized spacial score (nSPS) is 16.4. The van der Waals surface area contributed by atoms with E-state index in [0.717, 1.165) is 29.0 Å². The van der Waals surface area contributed by atoms with E-state index in [1.165, 1.54) is 0 Å². The Morgan fingerprint density at radius 3 is 3.00 bits per heavy atom. The van der Waals surface area contributed by atoms with Crippen LogP contribution >= 0.6 is 0 Å². The maximum Gasteiger partial charge on any atom is 0.234 e. The van der Waals surface area contributed by atoms with E-state index in [1.54, 1.807) is 7.11 Å². The molecule has 1 unspecified atom stereocenters. The van der Waals surface area contributed by atoms with Crippen LogP contribution in [0.5, 0.6) is 11.5 Å². The van der Waals surface area contributed by atoms with Crippen molar-refractivity contribution in [3.63, 3.8) is 0 Å². The molecule has 0 aliphatic carbocycles. The second-order valence-corrected chi connectivity index (χ2v) is 5.59. The topological polar surface area (TPSA) is 73.6 Å². The summed E-state index contributed by atoms with van der Waals surface area (Å²) in [5, 5.41) is 6.77. The molecule has 0 radical (unpaired) electrons. The molecule has 1 aliphatic heterocycles. The zero-order valence-electron chi connectivity index (χ0n) is 13.5. The minimum absolute atomic E-state index is 0.125. The van der Waals surface area contributed by atoms with Crippen LogP contribution in [0, 0.1) is 12.8 Å². The van der Waals surface area contributed by atoms with Crippen molar-refractivity contribution < 1.29 is 18.8 Å². The molecule has 122 valence electrons. The van der Waals surface area contributed by atoms with Crippen LogP contribution in [0.4, 0.5) is 5.88 Å². The zero-order chi connectivity index (χ0) is 16.4. The van der Waals surface area contributed by atoms with Crippen molar-refractivity contribution in [2.45, 2.75) is 26.7 Å². The number of hydrogen-bond donors (Lipinski definition) is 1. The summed E-state index contributed by atoms with van der Waals surface area (Å²) in [6.45, 7) is 4.20. The van der Waals surface area contributed by atoms with Gasteiger partial charge in [-0.1, -0.05) is 24.2 Å². The van der Waals surface area contributed by atoms with E-state index < -0.39 is 0 Å². The van der Waals surface area contributed by atoms with Gasteiger partial charge in [0.05, 0.1) is 18.7 Å². The fraction of sp³-hybridized carbons (Fsp3) is 0.412. The Labute approximate surface area is 134 Å². The number of anilines is 1. The van der Waals surface area contributed by atoms with Gasteiger partial charge in [-0.2, -0.15) is 0 Å². The lowest BCUT2D eigenvalue weighted by molar-refractivity contribution is -0.121. The number of nitrogens with zero attached hydrogens (tertiary/aromatic N) is 1. The van der Waals surface area contributed by atoms with Gasteiger partial charge in [0.1, 0.15) is 6.61 Å². The summed E-state index contributed by atoms with van der Waals surface area (Å²) in [7, 11) is 1.61. The van der Waals surface area contributed by atoms with Gasteiger partial charge in [-0.25, -0.2) is 0 Å². The van der Waals surface area contributed by atoms with E-state index in [2.05, 4.69) is 10.5 Å². The highest BCUT2D eigenvalue weighted by atomic mass is 16.5. The van der Waals surface area contributed by atoms with Crippen molar-refractivity contribution in [1.82, 2.24) is 5.16 Å². The minimum atomic E-state index is -0.274. The number of nitrogens with one attached hydrogen (secondary N) is 1. The SMILES string of the molecule is CCc1noc(NC(=O)C2COc3c(cccc3OC)C2)c1C. The van der Waals surface area contributed by atoms with Crippen molar-refractivity contribution in [2.75, 3.05) is 19.0 Å². The van der Waals surface area contributed by atoms with Crippen molar-refractivity contribution >= 4 is 11.8 Å². The van der Waals surface area contributed by atoms with E-state index in [4.69, 9.17) is 14.0 Å². The molecule has 1 aromatic heterocycles. The average Bonchev–Trinajstić information content (AvgIpc) is 2.93. The van der Waals surface area contributed by atoms with Crippen LogP contribution in [0.15, 0.2) is 22.7 Å². The number of amides is 1. The monoisotopic (exact) mass is 316 g/mol.